The molecule has 0 aromatic rings. The van der Waals surface area contributed by atoms with E-state index in [1.54, 1.807) is 0 Å². The monoisotopic (exact) mass is 205 g/mol. The van der Waals surface area contributed by atoms with E-state index >= 15 is 0 Å². The standard InChI is InChI=1S/C5H11NO2S2.Na.H/c1-3-9-6-5(7)8-10-4-2;;/h3-4H2,1-2H3,(H,6,7);;/q;+1;-1. The number of nitrogens with one attached hydrogen (secondary N) is 1. The molecule has 0 rings (SSSR count). The fourth-order valence-electron chi connectivity index (χ4n) is 0.261. The molecule has 0 aromatic carbocycles. The molecule has 3 nitrogen and oxygen atoms in total. The number of carbonyl (C=O) groups is 1. The minimum absolute atomic E-state index is 0. The molecule has 0 bridgehead atoms. The summed E-state index contributed by atoms with van der Waals surface area (Å²) in [5.41, 5.74) is 0. The Balaban J connectivity index is -0.000000405. The van der Waals surface area contributed by atoms with Crippen LogP contribution in [0.3, 0.4) is 0 Å². The molecule has 0 spiro atoms. The van der Waals surface area contributed by atoms with Crippen LogP contribution < -0.4 is 34.3 Å². The van der Waals surface area contributed by atoms with Gasteiger partial charge in [0.15, 0.2) is 0 Å². The van der Waals surface area contributed by atoms with Crippen molar-refractivity contribution in [3.63, 3.8) is 0 Å². The van der Waals surface area contributed by atoms with Crippen LogP contribution in [-0.4, -0.2) is 17.6 Å². The van der Waals surface area contributed by atoms with Gasteiger partial charge >= 0.3 is 35.7 Å². The van der Waals surface area contributed by atoms with Crippen molar-refractivity contribution >= 4 is 30.1 Å². The summed E-state index contributed by atoms with van der Waals surface area (Å²) in [4.78, 5) is 10.6. The van der Waals surface area contributed by atoms with E-state index in [0.29, 0.717) is 0 Å². The fourth-order valence-corrected chi connectivity index (χ4v) is 0.884. The van der Waals surface area contributed by atoms with Crippen molar-refractivity contribution in [1.82, 2.24) is 4.72 Å². The number of hydrogen-bond donors (Lipinski definition) is 1. The molecule has 1 amide bonds. The van der Waals surface area contributed by atoms with Gasteiger partial charge in [-0.3, -0.25) is 4.72 Å². The van der Waals surface area contributed by atoms with Gasteiger partial charge in [0.25, 0.3) is 0 Å². The summed E-state index contributed by atoms with van der Waals surface area (Å²) in [6.45, 7) is 3.88. The van der Waals surface area contributed by atoms with Gasteiger partial charge in [-0.25, -0.2) is 4.79 Å². The first-order valence-electron chi connectivity index (χ1n) is 3.02. The number of carbonyl (C=O) groups excluding carboxylic acids is 1. The van der Waals surface area contributed by atoms with Crippen molar-refractivity contribution in [2.24, 2.45) is 0 Å². The fraction of sp³-hybridized carbons (Fsp3) is 0.800. The van der Waals surface area contributed by atoms with E-state index in [9.17, 15) is 4.79 Å². The van der Waals surface area contributed by atoms with E-state index in [0.717, 1.165) is 23.5 Å². The first-order valence-corrected chi connectivity index (χ1v) is 4.92. The number of amides is 1. The van der Waals surface area contributed by atoms with Crippen LogP contribution in [0.4, 0.5) is 4.79 Å². The molecule has 6 heteroatoms. The zero-order chi connectivity index (χ0) is 7.82. The van der Waals surface area contributed by atoms with Crippen LogP contribution in [0.2, 0.25) is 0 Å². The summed E-state index contributed by atoms with van der Waals surface area (Å²) in [5.74, 6) is 1.64. The molecule has 0 saturated carbocycles. The normalized spacial score (nSPS) is 8.18. The van der Waals surface area contributed by atoms with Gasteiger partial charge in [0, 0.05) is 11.5 Å². The van der Waals surface area contributed by atoms with Gasteiger partial charge in [-0.05, 0) is 11.9 Å². The molecule has 0 saturated heterocycles. The largest absolute Gasteiger partial charge is 1.00 e. The molecule has 0 heterocycles. The zero-order valence-electron chi connectivity index (χ0n) is 8.05. The Bertz CT molecular complexity index is 99.4. The van der Waals surface area contributed by atoms with E-state index in [4.69, 9.17) is 0 Å². The van der Waals surface area contributed by atoms with Crippen LogP contribution in [0.1, 0.15) is 15.3 Å². The second-order valence-electron chi connectivity index (χ2n) is 1.31. The van der Waals surface area contributed by atoms with Gasteiger partial charge < -0.3 is 5.61 Å². The summed E-state index contributed by atoms with van der Waals surface area (Å²) in [7, 11) is 0. The molecular weight excluding hydrogens is 193 g/mol. The van der Waals surface area contributed by atoms with Gasteiger partial charge in [0.1, 0.15) is 0 Å². The summed E-state index contributed by atoms with van der Waals surface area (Å²) in [6.07, 6.45) is -0.376. The predicted octanol–water partition coefficient (Wildman–Crippen LogP) is -0.835. The molecule has 0 radical (unpaired) electrons. The number of rotatable bonds is 4. The van der Waals surface area contributed by atoms with Gasteiger partial charge in [-0.1, -0.05) is 13.8 Å². The SMILES string of the molecule is CCSNC(=O)OSCC.[H-].[Na+]. The Kier molecular flexibility index (Phi) is 14.5. The Morgan fingerprint density at radius 3 is 2.64 bits per heavy atom. The molecule has 0 aliphatic carbocycles. The van der Waals surface area contributed by atoms with Crippen molar-refractivity contribution in [1.29, 1.82) is 0 Å². The average molecular weight is 205 g/mol. The van der Waals surface area contributed by atoms with E-state index in [2.05, 4.69) is 8.91 Å². The Morgan fingerprint density at radius 2 is 2.18 bits per heavy atom. The smallest absolute Gasteiger partial charge is 1.00 e. The molecule has 0 aliphatic heterocycles. The Hall–Kier alpha value is 0.970. The third-order valence-corrected chi connectivity index (χ3v) is 1.66. The van der Waals surface area contributed by atoms with E-state index in [1.165, 1.54) is 11.9 Å². The maximum Gasteiger partial charge on any atom is 1.00 e. The topological polar surface area (TPSA) is 38.3 Å². The first kappa shape index (κ1) is 14.5. The van der Waals surface area contributed by atoms with E-state index in [-0.39, 0.29) is 37.1 Å². The number of hydrogen-bond acceptors (Lipinski definition) is 4. The van der Waals surface area contributed by atoms with E-state index < -0.39 is 0 Å². The third-order valence-electron chi connectivity index (χ3n) is 0.552. The van der Waals surface area contributed by atoms with Gasteiger partial charge in [0.2, 0.25) is 0 Å². The van der Waals surface area contributed by atoms with Crippen LogP contribution >= 0.6 is 24.0 Å². The minimum atomic E-state index is -0.376. The molecule has 0 aliphatic rings. The second kappa shape index (κ2) is 11.0. The molecular formula is C5H12NNaO2S2. The van der Waals surface area contributed by atoms with E-state index in [1.807, 2.05) is 13.8 Å². The first-order chi connectivity index (χ1) is 4.81. The molecule has 0 atom stereocenters. The maximum atomic E-state index is 10.6. The second-order valence-corrected chi connectivity index (χ2v) is 3.36. The van der Waals surface area contributed by atoms with Crippen LogP contribution in [0.25, 0.3) is 0 Å². The predicted molar refractivity (Wildman–Crippen MR) is 47.0 cm³/mol. The van der Waals surface area contributed by atoms with Crippen molar-refractivity contribution in [3.8, 4) is 0 Å². The minimum Gasteiger partial charge on any atom is -1.00 e. The molecule has 62 valence electrons. The van der Waals surface area contributed by atoms with Gasteiger partial charge in [-0.15, -0.1) is 0 Å². The van der Waals surface area contributed by atoms with Crippen molar-refractivity contribution in [3.05, 3.63) is 0 Å². The van der Waals surface area contributed by atoms with Crippen LogP contribution in [0.5, 0.6) is 0 Å². The molecule has 11 heavy (non-hydrogen) atoms. The summed E-state index contributed by atoms with van der Waals surface area (Å²) in [5, 5.41) is 0. The average Bonchev–Trinajstić information content (AvgIpc) is 1.97. The van der Waals surface area contributed by atoms with Gasteiger partial charge in [-0.2, -0.15) is 0 Å². The quantitative estimate of drug-likeness (QED) is 0.369. The molecule has 1 N–H and O–H groups in total. The molecule has 0 unspecified atom stereocenters. The van der Waals surface area contributed by atoms with Gasteiger partial charge in [0.05, 0.1) is 12.0 Å². The van der Waals surface area contributed by atoms with Crippen molar-refractivity contribution in [2.75, 3.05) is 11.5 Å². The summed E-state index contributed by atoms with van der Waals surface area (Å²) in [6, 6.07) is 0. The van der Waals surface area contributed by atoms with Crippen molar-refractivity contribution in [2.45, 2.75) is 13.8 Å². The Labute approximate surface area is 99.5 Å². The Morgan fingerprint density at radius 1 is 1.55 bits per heavy atom. The van der Waals surface area contributed by atoms with Crippen LogP contribution in [0, 0.1) is 0 Å². The van der Waals surface area contributed by atoms with Crippen molar-refractivity contribution < 1.29 is 40.0 Å². The van der Waals surface area contributed by atoms with Crippen LogP contribution in [-0.2, 0) is 4.18 Å². The third kappa shape index (κ3) is 11.0. The zero-order valence-corrected chi connectivity index (χ0v) is 10.7. The van der Waals surface area contributed by atoms with Crippen LogP contribution in [0.15, 0.2) is 0 Å². The molecule has 0 aromatic heterocycles. The maximum absolute atomic E-state index is 10.6. The summed E-state index contributed by atoms with van der Waals surface area (Å²) >= 11 is 2.47. The summed E-state index contributed by atoms with van der Waals surface area (Å²) < 4.78 is 7.14. The molecule has 0 fully saturated rings.